The number of para-hydroxylation sites is 1. The van der Waals surface area contributed by atoms with Crippen molar-refractivity contribution in [3.05, 3.63) is 90.8 Å². The number of amides is 1. The van der Waals surface area contributed by atoms with Crippen molar-refractivity contribution in [1.82, 2.24) is 14.5 Å². The van der Waals surface area contributed by atoms with E-state index >= 15 is 0 Å². The number of thioether (sulfide) groups is 1. The maximum absolute atomic E-state index is 12.9. The smallest absolute Gasteiger partial charge is 0.233 e. The van der Waals surface area contributed by atoms with Crippen LogP contribution < -0.4 is 4.90 Å². The van der Waals surface area contributed by atoms with Crippen LogP contribution in [0.25, 0.3) is 10.9 Å². The lowest BCUT2D eigenvalue weighted by atomic mass is 10.2. The molecule has 1 saturated heterocycles. The molecular weight excluding hydrogens is 416 g/mol. The Labute approximate surface area is 192 Å². The number of hydrogen-bond acceptors (Lipinski definition) is 4. The van der Waals surface area contributed by atoms with Crippen molar-refractivity contribution in [2.24, 2.45) is 0 Å². The molecule has 6 heteroatoms. The number of aromatic nitrogens is 2. The van der Waals surface area contributed by atoms with Crippen molar-refractivity contribution in [3.63, 3.8) is 0 Å². The predicted octanol–water partition coefficient (Wildman–Crippen LogP) is 4.53. The van der Waals surface area contributed by atoms with E-state index in [0.29, 0.717) is 5.75 Å². The van der Waals surface area contributed by atoms with Gasteiger partial charge >= 0.3 is 0 Å². The summed E-state index contributed by atoms with van der Waals surface area (Å²) >= 11 is 1.54. The van der Waals surface area contributed by atoms with Crippen molar-refractivity contribution in [1.29, 1.82) is 0 Å². The molecule has 32 heavy (non-hydrogen) atoms. The van der Waals surface area contributed by atoms with Gasteiger partial charge in [0.15, 0.2) is 0 Å². The molecule has 1 aliphatic heterocycles. The van der Waals surface area contributed by atoms with E-state index in [2.05, 4.69) is 75.2 Å². The van der Waals surface area contributed by atoms with Gasteiger partial charge in [0.1, 0.15) is 5.03 Å². The molecule has 5 rings (SSSR count). The van der Waals surface area contributed by atoms with Gasteiger partial charge in [-0.1, -0.05) is 60.3 Å². The zero-order chi connectivity index (χ0) is 21.8. The zero-order valence-electron chi connectivity index (χ0n) is 17.9. The molecule has 0 unspecified atom stereocenters. The van der Waals surface area contributed by atoms with Crippen molar-refractivity contribution in [2.75, 3.05) is 36.8 Å². The van der Waals surface area contributed by atoms with Crippen molar-refractivity contribution in [2.45, 2.75) is 11.6 Å². The molecule has 0 N–H and O–H groups in total. The fourth-order valence-corrected chi connectivity index (χ4v) is 5.11. The lowest BCUT2D eigenvalue weighted by Gasteiger charge is -2.36. The van der Waals surface area contributed by atoms with E-state index in [0.717, 1.165) is 48.7 Å². The second kappa shape index (κ2) is 9.49. The number of piperazine rings is 1. The Bertz CT molecular complexity index is 1180. The fourth-order valence-electron chi connectivity index (χ4n) is 4.20. The molecule has 3 heterocycles. The molecule has 0 bridgehead atoms. The maximum Gasteiger partial charge on any atom is 0.233 e. The van der Waals surface area contributed by atoms with Gasteiger partial charge in [-0.2, -0.15) is 0 Å². The highest BCUT2D eigenvalue weighted by Gasteiger charge is 2.21. The van der Waals surface area contributed by atoms with E-state index in [-0.39, 0.29) is 5.91 Å². The van der Waals surface area contributed by atoms with Gasteiger partial charge in [-0.05, 0) is 29.8 Å². The van der Waals surface area contributed by atoms with Crippen LogP contribution in [0.3, 0.4) is 0 Å². The Balaban J connectivity index is 1.20. The van der Waals surface area contributed by atoms with Crippen LogP contribution in [0, 0.1) is 0 Å². The first-order chi connectivity index (χ1) is 15.8. The Kier molecular flexibility index (Phi) is 6.12. The van der Waals surface area contributed by atoms with E-state index < -0.39 is 0 Å². The normalized spacial score (nSPS) is 14.1. The van der Waals surface area contributed by atoms with Crippen molar-refractivity contribution < 1.29 is 4.79 Å². The van der Waals surface area contributed by atoms with Crippen LogP contribution in [-0.4, -0.2) is 52.3 Å². The highest BCUT2D eigenvalue weighted by molar-refractivity contribution is 8.00. The van der Waals surface area contributed by atoms with Gasteiger partial charge in [-0.3, -0.25) is 4.79 Å². The molecule has 1 fully saturated rings. The first-order valence-corrected chi connectivity index (χ1v) is 11.9. The minimum atomic E-state index is 0.185. The molecule has 0 spiro atoms. The van der Waals surface area contributed by atoms with Crippen molar-refractivity contribution >= 4 is 34.3 Å². The summed E-state index contributed by atoms with van der Waals surface area (Å²) < 4.78 is 2.24. The molecule has 1 aliphatic rings. The summed E-state index contributed by atoms with van der Waals surface area (Å²) in [7, 11) is 0. The third-order valence-corrected chi connectivity index (χ3v) is 6.93. The first-order valence-electron chi connectivity index (χ1n) is 11.0. The predicted molar refractivity (Wildman–Crippen MR) is 131 cm³/mol. The van der Waals surface area contributed by atoms with Gasteiger partial charge in [0.2, 0.25) is 5.91 Å². The summed E-state index contributed by atoms with van der Waals surface area (Å²) in [5, 5.41) is 2.03. The van der Waals surface area contributed by atoms with Gasteiger partial charge in [-0.15, -0.1) is 0 Å². The summed E-state index contributed by atoms with van der Waals surface area (Å²) in [5.74, 6) is 0.603. The SMILES string of the molecule is O=C(CSc1nccc2c1ccn2Cc1ccccc1)N1CCN(c2ccccc2)CC1. The summed E-state index contributed by atoms with van der Waals surface area (Å²) in [6.45, 7) is 4.09. The van der Waals surface area contributed by atoms with Crippen LogP contribution in [0.4, 0.5) is 5.69 Å². The largest absolute Gasteiger partial charge is 0.368 e. The van der Waals surface area contributed by atoms with Crippen LogP contribution in [0.2, 0.25) is 0 Å². The molecule has 162 valence electrons. The molecule has 0 aliphatic carbocycles. The highest BCUT2D eigenvalue weighted by Crippen LogP contribution is 2.27. The number of nitrogens with zero attached hydrogens (tertiary/aromatic N) is 4. The highest BCUT2D eigenvalue weighted by atomic mass is 32.2. The molecule has 0 atom stereocenters. The number of carbonyl (C=O) groups excluding carboxylic acids is 1. The van der Waals surface area contributed by atoms with Crippen LogP contribution in [-0.2, 0) is 11.3 Å². The molecule has 0 radical (unpaired) electrons. The topological polar surface area (TPSA) is 41.4 Å². The first kappa shape index (κ1) is 20.6. The van der Waals surface area contributed by atoms with E-state index in [9.17, 15) is 4.79 Å². The van der Waals surface area contributed by atoms with Gasteiger partial charge in [0.05, 0.1) is 11.3 Å². The molecule has 1 amide bonds. The van der Waals surface area contributed by atoms with E-state index in [1.807, 2.05) is 29.3 Å². The number of benzene rings is 2. The summed E-state index contributed by atoms with van der Waals surface area (Å²) in [4.78, 5) is 21.7. The third-order valence-electron chi connectivity index (χ3n) is 5.94. The second-order valence-electron chi connectivity index (χ2n) is 7.97. The minimum absolute atomic E-state index is 0.185. The standard InChI is InChI=1S/C26H26N4OS/c31-25(29-17-15-28(16-18-29)22-9-5-2-6-10-22)20-32-26-23-12-14-30(24(23)11-13-27-26)19-21-7-3-1-4-8-21/h1-14H,15-20H2. The van der Waals surface area contributed by atoms with Crippen LogP contribution in [0.15, 0.2) is 90.2 Å². The molecule has 4 aromatic rings. The lowest BCUT2D eigenvalue weighted by molar-refractivity contribution is -0.128. The lowest BCUT2D eigenvalue weighted by Crippen LogP contribution is -2.49. The molecule has 2 aromatic heterocycles. The van der Waals surface area contributed by atoms with Gasteiger partial charge in [-0.25, -0.2) is 4.98 Å². The molecular formula is C26H26N4OS. The summed E-state index contributed by atoms with van der Waals surface area (Å²) in [5.41, 5.74) is 3.64. The zero-order valence-corrected chi connectivity index (χ0v) is 18.7. The van der Waals surface area contributed by atoms with Crippen LogP contribution >= 0.6 is 11.8 Å². The summed E-state index contributed by atoms with van der Waals surface area (Å²) in [6, 6.07) is 25.0. The van der Waals surface area contributed by atoms with E-state index in [4.69, 9.17) is 0 Å². The van der Waals surface area contributed by atoms with Crippen LogP contribution in [0.5, 0.6) is 0 Å². The fraction of sp³-hybridized carbons (Fsp3) is 0.231. The number of rotatable bonds is 6. The number of fused-ring (bicyclic) bond motifs is 1. The maximum atomic E-state index is 12.9. The second-order valence-corrected chi connectivity index (χ2v) is 8.93. The van der Waals surface area contributed by atoms with Gasteiger partial charge in [0.25, 0.3) is 0 Å². The van der Waals surface area contributed by atoms with E-state index in [1.54, 1.807) is 0 Å². The molecule has 2 aromatic carbocycles. The Morgan fingerprint density at radius 2 is 1.59 bits per heavy atom. The number of hydrogen-bond donors (Lipinski definition) is 0. The Morgan fingerprint density at radius 1 is 0.875 bits per heavy atom. The number of carbonyl (C=O) groups is 1. The average molecular weight is 443 g/mol. The third kappa shape index (κ3) is 4.50. The number of pyridine rings is 1. The quantitative estimate of drug-likeness (QED) is 0.412. The van der Waals surface area contributed by atoms with Gasteiger partial charge < -0.3 is 14.4 Å². The Morgan fingerprint density at radius 3 is 2.34 bits per heavy atom. The number of anilines is 1. The molecule has 5 nitrogen and oxygen atoms in total. The van der Waals surface area contributed by atoms with Gasteiger partial charge in [0, 0.05) is 56.2 Å². The van der Waals surface area contributed by atoms with Crippen molar-refractivity contribution in [3.8, 4) is 0 Å². The molecule has 0 saturated carbocycles. The monoisotopic (exact) mass is 442 g/mol. The minimum Gasteiger partial charge on any atom is -0.368 e. The average Bonchev–Trinajstić information content (AvgIpc) is 3.27. The summed E-state index contributed by atoms with van der Waals surface area (Å²) in [6.07, 6.45) is 3.95. The van der Waals surface area contributed by atoms with Crippen LogP contribution in [0.1, 0.15) is 5.56 Å². The Hall–Kier alpha value is -3.25. The van der Waals surface area contributed by atoms with E-state index in [1.165, 1.54) is 23.0 Å².